The van der Waals surface area contributed by atoms with Gasteiger partial charge in [0.15, 0.2) is 16.3 Å². The third kappa shape index (κ3) is 4.10. The fourth-order valence-corrected chi connectivity index (χ4v) is 4.61. The Morgan fingerprint density at radius 2 is 1.82 bits per heavy atom. The van der Waals surface area contributed by atoms with E-state index >= 15 is 0 Å². The largest absolute Gasteiger partial charge is 0.492 e. The topological polar surface area (TPSA) is 72.6 Å². The van der Waals surface area contributed by atoms with Gasteiger partial charge in [-0.05, 0) is 36.8 Å². The molecule has 5 rings (SSSR count). The van der Waals surface area contributed by atoms with Gasteiger partial charge >= 0.3 is 0 Å². The maximum atomic E-state index is 13.7. The zero-order valence-electron chi connectivity index (χ0n) is 17.9. The van der Waals surface area contributed by atoms with Crippen molar-refractivity contribution in [3.8, 4) is 5.75 Å². The van der Waals surface area contributed by atoms with Crippen LogP contribution in [0.2, 0.25) is 0 Å². The fraction of sp³-hybridized carbons (Fsp3) is 0.115. The number of nitrogens with zero attached hydrogens (tertiary/aromatic N) is 2. The SMILES string of the molecule is CCOc1cccc2sc(N(Cc3ccccc3)C(=O)c3cc(=O)c4ccccc4o3)nc12. The molecule has 33 heavy (non-hydrogen) atoms. The molecule has 0 aliphatic carbocycles. The van der Waals surface area contributed by atoms with E-state index in [4.69, 9.17) is 14.1 Å². The van der Waals surface area contributed by atoms with Gasteiger partial charge < -0.3 is 9.15 Å². The van der Waals surface area contributed by atoms with E-state index < -0.39 is 5.91 Å². The number of carbonyl (C=O) groups is 1. The summed E-state index contributed by atoms with van der Waals surface area (Å²) >= 11 is 1.39. The number of ether oxygens (including phenoxy) is 1. The van der Waals surface area contributed by atoms with Crippen LogP contribution in [0.5, 0.6) is 5.75 Å². The van der Waals surface area contributed by atoms with Gasteiger partial charge in [0.25, 0.3) is 5.91 Å². The Labute approximate surface area is 193 Å². The van der Waals surface area contributed by atoms with E-state index in [9.17, 15) is 9.59 Å². The second kappa shape index (κ2) is 8.88. The molecule has 0 saturated carbocycles. The van der Waals surface area contributed by atoms with Crippen LogP contribution < -0.4 is 15.1 Å². The highest BCUT2D eigenvalue weighted by Crippen LogP contribution is 2.35. The maximum Gasteiger partial charge on any atom is 0.296 e. The minimum absolute atomic E-state index is 0.0288. The van der Waals surface area contributed by atoms with Crippen LogP contribution in [0.15, 0.2) is 88.1 Å². The van der Waals surface area contributed by atoms with Crippen molar-refractivity contribution in [1.82, 2.24) is 4.98 Å². The number of para-hydroxylation sites is 2. The summed E-state index contributed by atoms with van der Waals surface area (Å²) in [5.74, 6) is 0.208. The Balaban J connectivity index is 1.62. The van der Waals surface area contributed by atoms with E-state index in [1.165, 1.54) is 17.4 Å². The standard InChI is InChI=1S/C26H20N2O4S/c1-2-31-21-13-8-14-23-24(21)27-26(33-23)28(16-17-9-4-3-5-10-17)25(30)22-15-19(29)18-11-6-7-12-20(18)32-22/h3-15H,2,16H2,1H3. The number of anilines is 1. The van der Waals surface area contributed by atoms with Crippen LogP contribution in [0, 0.1) is 0 Å². The van der Waals surface area contributed by atoms with Crippen molar-refractivity contribution >= 4 is 43.6 Å². The van der Waals surface area contributed by atoms with Crippen LogP contribution in [0.3, 0.4) is 0 Å². The number of aromatic nitrogens is 1. The van der Waals surface area contributed by atoms with Crippen LogP contribution in [0.4, 0.5) is 5.13 Å². The highest BCUT2D eigenvalue weighted by atomic mass is 32.1. The summed E-state index contributed by atoms with van der Waals surface area (Å²) in [6, 6.07) is 23.5. The Morgan fingerprint density at radius 1 is 1.03 bits per heavy atom. The maximum absolute atomic E-state index is 13.7. The predicted octanol–water partition coefficient (Wildman–Crippen LogP) is 5.65. The van der Waals surface area contributed by atoms with Gasteiger partial charge in [0.2, 0.25) is 0 Å². The average molecular weight is 457 g/mol. The van der Waals surface area contributed by atoms with Gasteiger partial charge in [-0.25, -0.2) is 4.98 Å². The smallest absolute Gasteiger partial charge is 0.296 e. The van der Waals surface area contributed by atoms with Crippen molar-refractivity contribution in [2.24, 2.45) is 0 Å². The molecule has 164 valence electrons. The van der Waals surface area contributed by atoms with Gasteiger partial charge in [-0.2, -0.15) is 0 Å². The van der Waals surface area contributed by atoms with Crippen LogP contribution in [-0.2, 0) is 6.54 Å². The number of amides is 1. The lowest BCUT2D eigenvalue weighted by Crippen LogP contribution is -2.31. The normalized spacial score (nSPS) is 11.1. The molecule has 2 aromatic heterocycles. The monoisotopic (exact) mass is 456 g/mol. The van der Waals surface area contributed by atoms with Crippen molar-refractivity contribution in [2.75, 3.05) is 11.5 Å². The first-order chi connectivity index (χ1) is 16.1. The number of hydrogen-bond donors (Lipinski definition) is 0. The molecule has 2 heterocycles. The first-order valence-electron chi connectivity index (χ1n) is 10.5. The van der Waals surface area contributed by atoms with E-state index in [0.717, 1.165) is 10.3 Å². The molecule has 7 heteroatoms. The van der Waals surface area contributed by atoms with Crippen LogP contribution in [0.1, 0.15) is 23.0 Å². The quantitative estimate of drug-likeness (QED) is 0.330. The second-order valence-electron chi connectivity index (χ2n) is 7.38. The minimum atomic E-state index is -0.432. The Kier molecular flexibility index (Phi) is 5.62. The van der Waals surface area contributed by atoms with Gasteiger partial charge in [0.1, 0.15) is 16.8 Å². The van der Waals surface area contributed by atoms with E-state index in [1.807, 2.05) is 55.5 Å². The molecule has 0 radical (unpaired) electrons. The van der Waals surface area contributed by atoms with Gasteiger partial charge in [-0.1, -0.05) is 59.9 Å². The third-order valence-electron chi connectivity index (χ3n) is 5.18. The summed E-state index contributed by atoms with van der Waals surface area (Å²) in [6.45, 7) is 2.71. The first kappa shape index (κ1) is 20.9. The van der Waals surface area contributed by atoms with Crippen LogP contribution in [0.25, 0.3) is 21.2 Å². The Bertz CT molecular complexity index is 1510. The fourth-order valence-electron chi connectivity index (χ4n) is 3.63. The molecule has 0 saturated heterocycles. The third-order valence-corrected chi connectivity index (χ3v) is 6.22. The second-order valence-corrected chi connectivity index (χ2v) is 8.39. The molecule has 0 aliphatic heterocycles. The summed E-state index contributed by atoms with van der Waals surface area (Å²) in [5, 5.41) is 0.937. The zero-order valence-corrected chi connectivity index (χ0v) is 18.7. The predicted molar refractivity (Wildman–Crippen MR) is 130 cm³/mol. The lowest BCUT2D eigenvalue weighted by molar-refractivity contribution is 0.0959. The van der Waals surface area contributed by atoms with Crippen molar-refractivity contribution in [3.63, 3.8) is 0 Å². The molecule has 0 fully saturated rings. The Morgan fingerprint density at radius 3 is 2.64 bits per heavy atom. The molecule has 0 bridgehead atoms. The van der Waals surface area contributed by atoms with Crippen LogP contribution >= 0.6 is 11.3 Å². The molecule has 0 N–H and O–H groups in total. The number of benzene rings is 3. The number of carbonyl (C=O) groups excluding carboxylic acids is 1. The molecule has 0 atom stereocenters. The van der Waals surface area contributed by atoms with Crippen LogP contribution in [-0.4, -0.2) is 17.5 Å². The van der Waals surface area contributed by atoms with Crippen molar-refractivity contribution in [2.45, 2.75) is 13.5 Å². The summed E-state index contributed by atoms with van der Waals surface area (Å²) in [7, 11) is 0. The van der Waals surface area contributed by atoms with E-state index in [2.05, 4.69) is 0 Å². The van der Waals surface area contributed by atoms with Crippen molar-refractivity contribution in [1.29, 1.82) is 0 Å². The number of fused-ring (bicyclic) bond motifs is 2. The first-order valence-corrected chi connectivity index (χ1v) is 11.4. The van der Waals surface area contributed by atoms with Gasteiger partial charge in [-0.15, -0.1) is 0 Å². The summed E-state index contributed by atoms with van der Waals surface area (Å²) in [5.41, 5.74) is 1.74. The highest BCUT2D eigenvalue weighted by molar-refractivity contribution is 7.22. The molecular formula is C26H20N2O4S. The molecule has 0 unspecified atom stereocenters. The molecule has 1 amide bonds. The molecule has 5 aromatic rings. The van der Waals surface area contributed by atoms with Gasteiger partial charge in [-0.3, -0.25) is 14.5 Å². The molecule has 0 spiro atoms. The average Bonchev–Trinajstić information content (AvgIpc) is 3.28. The van der Waals surface area contributed by atoms with Gasteiger partial charge in [0.05, 0.1) is 23.2 Å². The summed E-state index contributed by atoms with van der Waals surface area (Å²) in [6.07, 6.45) is 0. The molecule has 0 aliphatic rings. The molecular weight excluding hydrogens is 436 g/mol. The van der Waals surface area contributed by atoms with E-state index in [1.54, 1.807) is 29.2 Å². The lowest BCUT2D eigenvalue weighted by Gasteiger charge is -2.19. The highest BCUT2D eigenvalue weighted by Gasteiger charge is 2.25. The lowest BCUT2D eigenvalue weighted by atomic mass is 10.2. The number of thiazole rings is 1. The molecule has 6 nitrogen and oxygen atoms in total. The zero-order chi connectivity index (χ0) is 22.8. The van der Waals surface area contributed by atoms with Gasteiger partial charge in [0, 0.05) is 6.07 Å². The van der Waals surface area contributed by atoms with E-state index in [0.29, 0.717) is 34.0 Å². The summed E-state index contributed by atoms with van der Waals surface area (Å²) < 4.78 is 12.5. The molecule has 3 aromatic carbocycles. The van der Waals surface area contributed by atoms with Crippen molar-refractivity contribution < 1.29 is 13.9 Å². The minimum Gasteiger partial charge on any atom is -0.492 e. The number of hydrogen-bond acceptors (Lipinski definition) is 6. The Hall–Kier alpha value is -3.97. The number of rotatable bonds is 6. The summed E-state index contributed by atoms with van der Waals surface area (Å²) in [4.78, 5) is 32.6. The van der Waals surface area contributed by atoms with E-state index in [-0.39, 0.29) is 17.7 Å². The van der Waals surface area contributed by atoms with Crippen molar-refractivity contribution in [3.05, 3.63) is 100 Å².